The van der Waals surface area contributed by atoms with E-state index in [0.29, 0.717) is 5.92 Å². The first-order chi connectivity index (χ1) is 11.7. The van der Waals surface area contributed by atoms with E-state index in [1.54, 1.807) is 5.57 Å². The largest absolute Gasteiger partial charge is 0.412 e. The smallest absolute Gasteiger partial charge is 0.00509 e. The van der Waals surface area contributed by atoms with Crippen LogP contribution in [0, 0.1) is 19.8 Å². The Hall–Kier alpha value is -1.90. The van der Waals surface area contributed by atoms with Gasteiger partial charge >= 0.3 is 0 Å². The molecular weight excluding hydrogens is 320 g/mol. The summed E-state index contributed by atoms with van der Waals surface area (Å²) in [5.41, 5.74) is 8.70. The van der Waals surface area contributed by atoms with Crippen molar-refractivity contribution in [2.24, 2.45) is 5.92 Å². The maximum Gasteiger partial charge on any atom is 0.00509 e. The summed E-state index contributed by atoms with van der Waals surface area (Å²) >= 11 is 0. The average molecular weight is 353 g/mol. The zero-order valence-electron chi connectivity index (χ0n) is 16.0. The molecule has 2 atom stereocenters. The van der Waals surface area contributed by atoms with Gasteiger partial charge in [0.15, 0.2) is 0 Å². The summed E-state index contributed by atoms with van der Waals surface area (Å²) in [6, 6.07) is 16.2. The number of benzene rings is 2. The van der Waals surface area contributed by atoms with Crippen molar-refractivity contribution in [1.82, 2.24) is 0 Å². The molecule has 2 aromatic carbocycles. The highest BCUT2D eigenvalue weighted by Crippen LogP contribution is 2.45. The molecule has 0 radical (unpaired) electrons. The van der Waals surface area contributed by atoms with E-state index in [0.717, 1.165) is 5.92 Å². The zero-order chi connectivity index (χ0) is 16.5. The first-order valence-corrected chi connectivity index (χ1v) is 9.60. The minimum atomic E-state index is 0. The molecule has 2 heteroatoms. The molecule has 1 saturated carbocycles. The van der Waals surface area contributed by atoms with E-state index in [1.165, 1.54) is 66.3 Å². The van der Waals surface area contributed by atoms with E-state index in [9.17, 15) is 0 Å². The average Bonchev–Trinajstić information content (AvgIpc) is 2.64. The van der Waals surface area contributed by atoms with Gasteiger partial charge in [0.25, 0.3) is 0 Å². The van der Waals surface area contributed by atoms with Crippen molar-refractivity contribution in [3.05, 3.63) is 70.8 Å². The van der Waals surface area contributed by atoms with Crippen LogP contribution in [0.5, 0.6) is 0 Å². The Morgan fingerprint density at radius 2 is 1.42 bits per heavy atom. The molecule has 0 aliphatic heterocycles. The van der Waals surface area contributed by atoms with Crippen molar-refractivity contribution < 1.29 is 11.0 Å². The summed E-state index contributed by atoms with van der Waals surface area (Å²) in [4.78, 5) is 0. The molecule has 4 N–H and O–H groups in total. The predicted molar refractivity (Wildman–Crippen MR) is 111 cm³/mol. The SMILES string of the molecule is Cc1ccc(-c2ccc([C@@H]3CCCC4CCCC=C43)cc2)cc1C.O.O. The lowest BCUT2D eigenvalue weighted by Gasteiger charge is -2.35. The Labute approximate surface area is 157 Å². The van der Waals surface area contributed by atoms with E-state index < -0.39 is 0 Å². The first-order valence-electron chi connectivity index (χ1n) is 9.60. The predicted octanol–water partition coefficient (Wildman–Crippen LogP) is 5.32. The van der Waals surface area contributed by atoms with E-state index in [-0.39, 0.29) is 11.0 Å². The van der Waals surface area contributed by atoms with Crippen LogP contribution in [0.1, 0.15) is 61.1 Å². The highest BCUT2D eigenvalue weighted by molar-refractivity contribution is 5.65. The van der Waals surface area contributed by atoms with Crippen LogP contribution >= 0.6 is 0 Å². The highest BCUT2D eigenvalue weighted by atomic mass is 16.0. The number of hydrogen-bond acceptors (Lipinski definition) is 0. The molecule has 140 valence electrons. The maximum absolute atomic E-state index is 2.56. The van der Waals surface area contributed by atoms with Crippen molar-refractivity contribution in [1.29, 1.82) is 0 Å². The molecule has 0 heterocycles. The van der Waals surface area contributed by atoms with Gasteiger partial charge in [-0.05, 0) is 79.7 Å². The molecule has 2 aliphatic rings. The molecule has 0 bridgehead atoms. The number of allylic oxidation sites excluding steroid dienone is 2. The Balaban J connectivity index is 0.00000121. The molecule has 26 heavy (non-hydrogen) atoms. The molecule has 4 rings (SSSR count). The van der Waals surface area contributed by atoms with Crippen molar-refractivity contribution >= 4 is 0 Å². The maximum atomic E-state index is 2.56. The highest BCUT2D eigenvalue weighted by Gasteiger charge is 2.29. The van der Waals surface area contributed by atoms with Crippen LogP contribution in [0.2, 0.25) is 0 Å². The van der Waals surface area contributed by atoms with Gasteiger partial charge in [-0.15, -0.1) is 0 Å². The molecular formula is C24H32O2. The van der Waals surface area contributed by atoms with E-state index >= 15 is 0 Å². The Bertz CT molecular complexity index is 758. The van der Waals surface area contributed by atoms with Gasteiger partial charge < -0.3 is 11.0 Å². The lowest BCUT2D eigenvalue weighted by atomic mass is 9.69. The number of hydrogen-bond donors (Lipinski definition) is 0. The fourth-order valence-electron chi connectivity index (χ4n) is 4.63. The quantitative estimate of drug-likeness (QED) is 0.657. The van der Waals surface area contributed by atoms with Crippen molar-refractivity contribution in [2.75, 3.05) is 0 Å². The van der Waals surface area contributed by atoms with Crippen LogP contribution in [0.4, 0.5) is 0 Å². The monoisotopic (exact) mass is 352 g/mol. The van der Waals surface area contributed by atoms with Gasteiger partial charge in [0.05, 0.1) is 0 Å². The van der Waals surface area contributed by atoms with Gasteiger partial charge in [0.2, 0.25) is 0 Å². The second-order valence-corrected chi connectivity index (χ2v) is 7.74. The van der Waals surface area contributed by atoms with Gasteiger partial charge in [-0.3, -0.25) is 0 Å². The molecule has 2 nitrogen and oxygen atoms in total. The third-order valence-corrected chi connectivity index (χ3v) is 6.21. The lowest BCUT2D eigenvalue weighted by Crippen LogP contribution is -2.20. The normalized spacial score (nSPS) is 21.7. The van der Waals surface area contributed by atoms with Crippen molar-refractivity contribution in [3.63, 3.8) is 0 Å². The van der Waals surface area contributed by atoms with Gasteiger partial charge in [0.1, 0.15) is 0 Å². The summed E-state index contributed by atoms with van der Waals surface area (Å²) in [5, 5.41) is 0. The number of aryl methyl sites for hydroxylation is 2. The molecule has 2 aliphatic carbocycles. The molecule has 1 fully saturated rings. The second kappa shape index (κ2) is 8.66. The van der Waals surface area contributed by atoms with Crippen LogP contribution < -0.4 is 0 Å². The molecule has 0 spiro atoms. The van der Waals surface area contributed by atoms with Crippen LogP contribution in [-0.4, -0.2) is 11.0 Å². The van der Waals surface area contributed by atoms with Gasteiger partial charge in [-0.2, -0.15) is 0 Å². The second-order valence-electron chi connectivity index (χ2n) is 7.74. The van der Waals surface area contributed by atoms with E-state index in [2.05, 4.69) is 62.4 Å². The minimum Gasteiger partial charge on any atom is -0.412 e. The van der Waals surface area contributed by atoms with Gasteiger partial charge in [-0.25, -0.2) is 0 Å². The fourth-order valence-corrected chi connectivity index (χ4v) is 4.63. The third-order valence-electron chi connectivity index (χ3n) is 6.21. The number of fused-ring (bicyclic) bond motifs is 1. The van der Waals surface area contributed by atoms with Gasteiger partial charge in [-0.1, -0.05) is 60.5 Å². The van der Waals surface area contributed by atoms with Crippen LogP contribution in [0.25, 0.3) is 11.1 Å². The summed E-state index contributed by atoms with van der Waals surface area (Å²) in [5.74, 6) is 1.55. The summed E-state index contributed by atoms with van der Waals surface area (Å²) in [6.07, 6.45) is 10.8. The van der Waals surface area contributed by atoms with Crippen LogP contribution in [0.3, 0.4) is 0 Å². The molecule has 0 amide bonds. The molecule has 0 aromatic heterocycles. The zero-order valence-corrected chi connectivity index (χ0v) is 16.0. The first kappa shape index (κ1) is 20.4. The topological polar surface area (TPSA) is 63.0 Å². The van der Waals surface area contributed by atoms with Crippen molar-refractivity contribution in [3.8, 4) is 11.1 Å². The Morgan fingerprint density at radius 1 is 0.731 bits per heavy atom. The minimum absolute atomic E-state index is 0. The summed E-state index contributed by atoms with van der Waals surface area (Å²) < 4.78 is 0. The molecule has 0 saturated heterocycles. The van der Waals surface area contributed by atoms with Gasteiger partial charge in [0, 0.05) is 5.92 Å². The third kappa shape index (κ3) is 3.92. The number of rotatable bonds is 2. The standard InChI is InChI=1S/C24H28.2H2O/c1-17-10-11-22(16-18(17)2)19-12-14-21(15-13-19)24-9-5-7-20-6-3-4-8-23(20)24;;/h8,10-16,20,24H,3-7,9H2,1-2H3;2*1H2/t20?,24-;;/m0../s1. The summed E-state index contributed by atoms with van der Waals surface area (Å²) in [7, 11) is 0. The van der Waals surface area contributed by atoms with E-state index in [4.69, 9.17) is 0 Å². The Morgan fingerprint density at radius 3 is 2.15 bits per heavy atom. The van der Waals surface area contributed by atoms with Crippen molar-refractivity contribution in [2.45, 2.75) is 58.3 Å². The van der Waals surface area contributed by atoms with Crippen LogP contribution in [0.15, 0.2) is 54.1 Å². The molecule has 2 aromatic rings. The Kier molecular flexibility index (Phi) is 6.80. The molecule has 1 unspecified atom stereocenters. The lowest BCUT2D eigenvalue weighted by molar-refractivity contribution is 0.376. The van der Waals surface area contributed by atoms with E-state index in [1.807, 2.05) is 0 Å². The summed E-state index contributed by atoms with van der Waals surface area (Å²) in [6.45, 7) is 4.38. The fraction of sp³-hybridized carbons (Fsp3) is 0.417. The van der Waals surface area contributed by atoms with Crippen LogP contribution in [-0.2, 0) is 0 Å².